The molecule has 6 heteroatoms. The van der Waals surface area contributed by atoms with Crippen molar-refractivity contribution in [3.8, 4) is 0 Å². The second kappa shape index (κ2) is 6.63. The van der Waals surface area contributed by atoms with E-state index < -0.39 is 0 Å². The summed E-state index contributed by atoms with van der Waals surface area (Å²) in [5, 5.41) is 3.34. The summed E-state index contributed by atoms with van der Waals surface area (Å²) < 4.78 is 6.53. The van der Waals surface area contributed by atoms with Crippen molar-refractivity contribution in [1.29, 1.82) is 0 Å². The Balaban J connectivity index is 1.95. The van der Waals surface area contributed by atoms with Crippen molar-refractivity contribution < 1.29 is 4.74 Å². The van der Waals surface area contributed by atoms with Gasteiger partial charge in [0, 0.05) is 31.6 Å². The fraction of sp³-hybridized carbons (Fsp3) is 0.692. The molecule has 2 heterocycles. The maximum Gasteiger partial charge on any atom is 0.134 e. The third-order valence-electron chi connectivity index (χ3n) is 3.08. The Labute approximate surface area is 122 Å². The van der Waals surface area contributed by atoms with Gasteiger partial charge in [-0.3, -0.25) is 0 Å². The number of hydrogen-bond acceptors (Lipinski definition) is 5. The minimum atomic E-state index is 0.218. The number of nitrogens with one attached hydrogen (secondary N) is 1. The third kappa shape index (κ3) is 4.40. The van der Waals surface area contributed by atoms with Crippen molar-refractivity contribution in [3.05, 3.63) is 16.5 Å². The summed E-state index contributed by atoms with van der Waals surface area (Å²) in [6.07, 6.45) is 0.218. The van der Waals surface area contributed by atoms with Crippen LogP contribution < -0.4 is 5.32 Å². The Morgan fingerprint density at radius 1 is 1.53 bits per heavy atom. The number of morpholine rings is 1. The highest BCUT2D eigenvalue weighted by Gasteiger charge is 2.17. The third-order valence-corrected chi connectivity index (χ3v) is 3.49. The molecule has 1 atom stereocenters. The summed E-state index contributed by atoms with van der Waals surface area (Å²) >= 11 is 3.43. The van der Waals surface area contributed by atoms with E-state index in [2.05, 4.69) is 57.0 Å². The molecule has 2 rings (SSSR count). The number of likely N-dealkylation sites (N-methyl/N-ethyl adjacent to an activating group) is 1. The summed E-state index contributed by atoms with van der Waals surface area (Å²) in [5.74, 6) is 2.01. The number of nitrogens with zero attached hydrogens (tertiary/aromatic N) is 3. The van der Waals surface area contributed by atoms with Crippen LogP contribution in [0.25, 0.3) is 0 Å². The van der Waals surface area contributed by atoms with Crippen molar-refractivity contribution in [2.75, 3.05) is 38.6 Å². The maximum atomic E-state index is 5.72. The molecule has 1 unspecified atom stereocenters. The van der Waals surface area contributed by atoms with Crippen molar-refractivity contribution in [1.82, 2.24) is 14.9 Å². The van der Waals surface area contributed by atoms with Gasteiger partial charge in [0.05, 0.1) is 12.7 Å². The van der Waals surface area contributed by atoms with Crippen LogP contribution in [0, 0.1) is 0 Å². The maximum absolute atomic E-state index is 5.72. The van der Waals surface area contributed by atoms with Crippen molar-refractivity contribution in [2.45, 2.75) is 25.9 Å². The molecule has 1 fully saturated rings. The van der Waals surface area contributed by atoms with Crippen LogP contribution in [0.4, 0.5) is 5.82 Å². The molecule has 0 aliphatic carbocycles. The highest BCUT2D eigenvalue weighted by atomic mass is 79.9. The lowest BCUT2D eigenvalue weighted by Gasteiger charge is -2.30. The molecule has 19 heavy (non-hydrogen) atoms. The second-order valence-electron chi connectivity index (χ2n) is 5.22. The molecule has 0 saturated carbocycles. The van der Waals surface area contributed by atoms with Crippen LogP contribution in [0.15, 0.2) is 10.7 Å². The van der Waals surface area contributed by atoms with Gasteiger partial charge in [0.2, 0.25) is 0 Å². The van der Waals surface area contributed by atoms with Gasteiger partial charge in [-0.1, -0.05) is 13.8 Å². The number of ether oxygens (including phenoxy) is 1. The average Bonchev–Trinajstić information content (AvgIpc) is 2.36. The molecule has 1 aliphatic heterocycles. The normalized spacial score (nSPS) is 20.8. The first-order chi connectivity index (χ1) is 9.04. The van der Waals surface area contributed by atoms with Gasteiger partial charge in [-0.05, 0) is 23.0 Å². The Bertz CT molecular complexity index is 427. The van der Waals surface area contributed by atoms with E-state index in [9.17, 15) is 0 Å². The van der Waals surface area contributed by atoms with Crippen LogP contribution in [-0.2, 0) is 4.74 Å². The first-order valence-corrected chi connectivity index (χ1v) is 7.42. The zero-order valence-electron chi connectivity index (χ0n) is 11.7. The number of rotatable bonds is 4. The summed E-state index contributed by atoms with van der Waals surface area (Å²) in [6, 6.07) is 1.90. The van der Waals surface area contributed by atoms with Gasteiger partial charge in [0.1, 0.15) is 16.2 Å². The Hall–Kier alpha value is -0.720. The van der Waals surface area contributed by atoms with E-state index >= 15 is 0 Å². The van der Waals surface area contributed by atoms with Gasteiger partial charge in [0.25, 0.3) is 0 Å². The van der Waals surface area contributed by atoms with Crippen molar-refractivity contribution in [3.63, 3.8) is 0 Å². The molecular formula is C13H21BrN4O. The van der Waals surface area contributed by atoms with Crippen LogP contribution >= 0.6 is 15.9 Å². The van der Waals surface area contributed by atoms with Gasteiger partial charge < -0.3 is 15.0 Å². The molecule has 0 radical (unpaired) electrons. The SMILES string of the molecule is CC(C)c1nc(Br)cc(NCC2CN(C)CCO2)n1. The number of aromatic nitrogens is 2. The molecule has 0 spiro atoms. The molecule has 1 aromatic rings. The number of hydrogen-bond donors (Lipinski definition) is 1. The summed E-state index contributed by atoms with van der Waals surface area (Å²) in [5.41, 5.74) is 0. The first kappa shape index (κ1) is 14.7. The lowest BCUT2D eigenvalue weighted by Crippen LogP contribution is -2.43. The Morgan fingerprint density at radius 3 is 3.00 bits per heavy atom. The van der Waals surface area contributed by atoms with Gasteiger partial charge >= 0.3 is 0 Å². The van der Waals surface area contributed by atoms with Gasteiger partial charge in [-0.15, -0.1) is 0 Å². The second-order valence-corrected chi connectivity index (χ2v) is 6.04. The minimum absolute atomic E-state index is 0.218. The number of anilines is 1. The Kier molecular flexibility index (Phi) is 5.13. The molecule has 106 valence electrons. The molecule has 0 aromatic carbocycles. The van der Waals surface area contributed by atoms with Crippen LogP contribution in [-0.4, -0.2) is 54.3 Å². The number of halogens is 1. The van der Waals surface area contributed by atoms with Gasteiger partial charge in [-0.2, -0.15) is 0 Å². The monoisotopic (exact) mass is 328 g/mol. The highest BCUT2D eigenvalue weighted by molar-refractivity contribution is 9.10. The zero-order chi connectivity index (χ0) is 13.8. The van der Waals surface area contributed by atoms with Crippen LogP contribution in [0.1, 0.15) is 25.6 Å². The molecule has 1 saturated heterocycles. The smallest absolute Gasteiger partial charge is 0.134 e. The first-order valence-electron chi connectivity index (χ1n) is 6.63. The zero-order valence-corrected chi connectivity index (χ0v) is 13.3. The van der Waals surface area contributed by atoms with Gasteiger partial charge in [-0.25, -0.2) is 9.97 Å². The summed E-state index contributed by atoms with van der Waals surface area (Å²) in [7, 11) is 2.12. The van der Waals surface area contributed by atoms with E-state index in [0.29, 0.717) is 5.92 Å². The summed E-state index contributed by atoms with van der Waals surface area (Å²) in [6.45, 7) is 7.71. The highest BCUT2D eigenvalue weighted by Crippen LogP contribution is 2.17. The molecule has 1 N–H and O–H groups in total. The van der Waals surface area contributed by atoms with Crippen molar-refractivity contribution in [2.24, 2.45) is 0 Å². The lowest BCUT2D eigenvalue weighted by molar-refractivity contribution is -0.0117. The molecule has 1 aromatic heterocycles. The van der Waals surface area contributed by atoms with E-state index in [-0.39, 0.29) is 6.10 Å². The van der Waals surface area contributed by atoms with E-state index in [0.717, 1.165) is 42.5 Å². The lowest BCUT2D eigenvalue weighted by atomic mass is 10.2. The summed E-state index contributed by atoms with van der Waals surface area (Å²) in [4.78, 5) is 11.2. The Morgan fingerprint density at radius 2 is 2.32 bits per heavy atom. The standard InChI is InChI=1S/C13H21BrN4O/c1-9(2)13-16-11(14)6-12(17-13)15-7-10-8-18(3)4-5-19-10/h6,9-10H,4-5,7-8H2,1-3H3,(H,15,16,17). The van der Waals surface area contributed by atoms with E-state index in [4.69, 9.17) is 4.74 Å². The molecule has 5 nitrogen and oxygen atoms in total. The molecule has 0 bridgehead atoms. The average molecular weight is 329 g/mol. The van der Waals surface area contributed by atoms with Crippen molar-refractivity contribution >= 4 is 21.7 Å². The quantitative estimate of drug-likeness (QED) is 0.858. The van der Waals surface area contributed by atoms with E-state index in [1.54, 1.807) is 0 Å². The predicted octanol–water partition coefficient (Wildman–Crippen LogP) is 2.10. The largest absolute Gasteiger partial charge is 0.374 e. The van der Waals surface area contributed by atoms with Crippen LogP contribution in [0.3, 0.4) is 0 Å². The predicted molar refractivity (Wildman–Crippen MR) is 79.5 cm³/mol. The molecular weight excluding hydrogens is 308 g/mol. The minimum Gasteiger partial charge on any atom is -0.374 e. The van der Waals surface area contributed by atoms with Gasteiger partial charge in [0.15, 0.2) is 0 Å². The fourth-order valence-corrected chi connectivity index (χ4v) is 2.39. The topological polar surface area (TPSA) is 50.3 Å². The van der Waals surface area contributed by atoms with Crippen LogP contribution in [0.2, 0.25) is 0 Å². The fourth-order valence-electron chi connectivity index (χ4n) is 1.99. The molecule has 1 aliphatic rings. The van der Waals surface area contributed by atoms with E-state index in [1.165, 1.54) is 0 Å². The van der Waals surface area contributed by atoms with Crippen LogP contribution in [0.5, 0.6) is 0 Å². The van der Waals surface area contributed by atoms with E-state index in [1.807, 2.05) is 6.07 Å². The molecule has 0 amide bonds.